The molecule has 0 fully saturated rings. The summed E-state index contributed by atoms with van der Waals surface area (Å²) in [6, 6.07) is 4.07. The van der Waals surface area contributed by atoms with Gasteiger partial charge in [0.1, 0.15) is 0 Å². The van der Waals surface area contributed by atoms with Gasteiger partial charge in [-0.25, -0.2) is 4.85 Å². The maximum Gasteiger partial charge on any atom is 0.192 e. The van der Waals surface area contributed by atoms with Gasteiger partial charge in [0.05, 0.1) is 6.57 Å². The van der Waals surface area contributed by atoms with Gasteiger partial charge < -0.3 is 4.43 Å². The molecule has 128 valence electrons. The smallest absolute Gasteiger partial charge is 0.192 e. The predicted octanol–water partition coefficient (Wildman–Crippen LogP) is 6.44. The van der Waals surface area contributed by atoms with E-state index in [2.05, 4.69) is 65.5 Å². The molecule has 0 aliphatic rings. The highest BCUT2D eigenvalue weighted by Crippen LogP contribution is 2.38. The second kappa shape index (κ2) is 7.19. The van der Waals surface area contributed by atoms with E-state index in [9.17, 15) is 0 Å². The minimum Gasteiger partial charge on any atom is -0.414 e. The van der Waals surface area contributed by atoms with Crippen LogP contribution in [0.1, 0.15) is 51.3 Å². The normalized spacial score (nSPS) is 15.1. The lowest BCUT2D eigenvalue weighted by Crippen LogP contribution is -2.44. The Labute approximate surface area is 144 Å². The van der Waals surface area contributed by atoms with Gasteiger partial charge in [-0.1, -0.05) is 45.4 Å². The van der Waals surface area contributed by atoms with Gasteiger partial charge in [-0.2, -0.15) is 0 Å². The van der Waals surface area contributed by atoms with E-state index in [0.717, 1.165) is 17.7 Å². The Bertz CT molecular complexity index is 593. The molecular formula is C20H33NOSi. The molecule has 0 saturated carbocycles. The fraction of sp³-hybridized carbons (Fsp3) is 0.650. The Kier molecular flexibility index (Phi) is 6.23. The molecule has 1 rings (SSSR count). The van der Waals surface area contributed by atoms with Crippen LogP contribution in [0, 0.1) is 26.3 Å². The lowest BCUT2D eigenvalue weighted by atomic mass is 9.92. The zero-order valence-electron chi connectivity index (χ0n) is 16.4. The summed E-state index contributed by atoms with van der Waals surface area (Å²) < 4.78 is 6.54. The van der Waals surface area contributed by atoms with Crippen molar-refractivity contribution < 1.29 is 4.43 Å². The van der Waals surface area contributed by atoms with Crippen LogP contribution in [0.25, 0.3) is 4.85 Å². The van der Waals surface area contributed by atoms with Gasteiger partial charge in [0.25, 0.3) is 0 Å². The average molecular weight is 332 g/mol. The summed E-state index contributed by atoms with van der Waals surface area (Å²) in [6.45, 7) is 27.4. The minimum absolute atomic E-state index is 0.241. The molecule has 0 aliphatic carbocycles. The molecule has 0 N–H and O–H groups in total. The van der Waals surface area contributed by atoms with Gasteiger partial charge in [-0.05, 0) is 62.4 Å². The third-order valence-corrected chi connectivity index (χ3v) is 10.2. The van der Waals surface area contributed by atoms with Crippen molar-refractivity contribution in [3.63, 3.8) is 0 Å². The van der Waals surface area contributed by atoms with E-state index in [-0.39, 0.29) is 11.1 Å². The molecule has 1 aromatic rings. The Morgan fingerprint density at radius 3 is 2.17 bits per heavy atom. The van der Waals surface area contributed by atoms with Crippen LogP contribution >= 0.6 is 0 Å². The first kappa shape index (κ1) is 19.9. The van der Waals surface area contributed by atoms with E-state index in [1.54, 1.807) is 0 Å². The Hall–Kier alpha value is -1.11. The molecule has 23 heavy (non-hydrogen) atoms. The van der Waals surface area contributed by atoms with Gasteiger partial charge >= 0.3 is 0 Å². The number of benzene rings is 1. The van der Waals surface area contributed by atoms with E-state index >= 15 is 0 Å². The van der Waals surface area contributed by atoms with Crippen LogP contribution in [0.5, 0.6) is 0 Å². The molecule has 2 nitrogen and oxygen atoms in total. The summed E-state index contributed by atoms with van der Waals surface area (Å²) in [6.07, 6.45) is 1.25. The monoisotopic (exact) mass is 331 g/mol. The molecule has 0 radical (unpaired) electrons. The van der Waals surface area contributed by atoms with Gasteiger partial charge in [-0.3, -0.25) is 0 Å². The third-order valence-electron chi connectivity index (χ3n) is 5.62. The highest BCUT2D eigenvalue weighted by molar-refractivity contribution is 6.74. The number of hydrogen-bond donors (Lipinski definition) is 0. The molecule has 2 atom stereocenters. The van der Waals surface area contributed by atoms with Crippen molar-refractivity contribution in [3.05, 3.63) is 40.2 Å². The molecule has 0 aromatic heterocycles. The topological polar surface area (TPSA) is 13.6 Å². The largest absolute Gasteiger partial charge is 0.414 e. The predicted molar refractivity (Wildman–Crippen MR) is 103 cm³/mol. The van der Waals surface area contributed by atoms with Crippen LogP contribution in [0.4, 0.5) is 5.69 Å². The molecule has 0 unspecified atom stereocenters. The minimum atomic E-state index is -1.73. The second-order valence-corrected chi connectivity index (χ2v) is 13.1. The van der Waals surface area contributed by atoms with E-state index in [4.69, 9.17) is 11.0 Å². The first-order valence-electron chi connectivity index (χ1n) is 8.55. The molecule has 3 heteroatoms. The molecule has 0 aliphatic heterocycles. The van der Waals surface area contributed by atoms with E-state index < -0.39 is 8.32 Å². The SMILES string of the molecule is [C-]#[N+]c1ccc(C[C@@H](C)[C@H](C)O[Si](C)(C)C(C)(C)C)c(C)c1C. The van der Waals surface area contributed by atoms with Gasteiger partial charge in [-0.15, -0.1) is 0 Å². The highest BCUT2D eigenvalue weighted by Gasteiger charge is 2.39. The van der Waals surface area contributed by atoms with Crippen LogP contribution in [-0.2, 0) is 10.8 Å². The van der Waals surface area contributed by atoms with Crippen LogP contribution < -0.4 is 0 Å². The van der Waals surface area contributed by atoms with Crippen molar-refractivity contribution in [2.24, 2.45) is 5.92 Å². The van der Waals surface area contributed by atoms with Crippen molar-refractivity contribution in [1.82, 2.24) is 0 Å². The number of nitrogens with zero attached hydrogens (tertiary/aromatic N) is 1. The summed E-state index contributed by atoms with van der Waals surface area (Å²) in [5.74, 6) is 0.459. The van der Waals surface area contributed by atoms with Crippen molar-refractivity contribution in [1.29, 1.82) is 0 Å². The fourth-order valence-corrected chi connectivity index (χ4v) is 3.99. The van der Waals surface area contributed by atoms with Gasteiger partial charge in [0.2, 0.25) is 0 Å². The molecule has 0 amide bonds. The number of hydrogen-bond acceptors (Lipinski definition) is 1. The summed E-state index contributed by atoms with van der Waals surface area (Å²) in [5, 5.41) is 0.241. The zero-order chi connectivity index (χ0) is 18.0. The second-order valence-electron chi connectivity index (χ2n) is 8.37. The maximum atomic E-state index is 7.23. The van der Waals surface area contributed by atoms with Crippen molar-refractivity contribution in [2.45, 2.75) is 79.1 Å². The molecular weight excluding hydrogens is 298 g/mol. The molecule has 0 spiro atoms. The Morgan fingerprint density at radius 2 is 1.70 bits per heavy atom. The van der Waals surface area contributed by atoms with Gasteiger partial charge in [0, 0.05) is 6.10 Å². The van der Waals surface area contributed by atoms with Gasteiger partial charge in [0.15, 0.2) is 14.0 Å². The average Bonchev–Trinajstić information content (AvgIpc) is 2.42. The van der Waals surface area contributed by atoms with E-state index in [0.29, 0.717) is 5.92 Å². The van der Waals surface area contributed by atoms with E-state index in [1.807, 2.05) is 13.0 Å². The summed E-state index contributed by atoms with van der Waals surface area (Å²) in [7, 11) is -1.73. The first-order valence-corrected chi connectivity index (χ1v) is 11.5. The summed E-state index contributed by atoms with van der Waals surface area (Å²) >= 11 is 0. The summed E-state index contributed by atoms with van der Waals surface area (Å²) in [5.41, 5.74) is 4.48. The van der Waals surface area contributed by atoms with Crippen LogP contribution in [0.2, 0.25) is 18.1 Å². The van der Waals surface area contributed by atoms with Crippen LogP contribution in [0.15, 0.2) is 12.1 Å². The fourth-order valence-electron chi connectivity index (χ4n) is 2.48. The number of rotatable bonds is 5. The first-order chi connectivity index (χ1) is 10.4. The lowest BCUT2D eigenvalue weighted by molar-refractivity contribution is 0.142. The lowest BCUT2D eigenvalue weighted by Gasteiger charge is -2.40. The molecule has 0 heterocycles. The quantitative estimate of drug-likeness (QED) is 0.447. The zero-order valence-corrected chi connectivity index (χ0v) is 17.4. The van der Waals surface area contributed by atoms with Crippen LogP contribution in [0.3, 0.4) is 0 Å². The van der Waals surface area contributed by atoms with E-state index in [1.165, 1.54) is 11.1 Å². The molecule has 0 saturated heterocycles. The highest BCUT2D eigenvalue weighted by atomic mass is 28.4. The maximum absolute atomic E-state index is 7.23. The molecule has 0 bridgehead atoms. The van der Waals surface area contributed by atoms with Crippen molar-refractivity contribution in [3.8, 4) is 0 Å². The van der Waals surface area contributed by atoms with Crippen LogP contribution in [-0.4, -0.2) is 14.4 Å². The standard InChI is InChI=1S/C20H33NOSi/c1-14(17(4)22-23(9,10)20(5,6)7)13-18-11-12-19(21-8)16(3)15(18)2/h11-12,14,17H,13H2,1-7,9-10H3/t14-,17+/m1/s1. The Balaban J connectivity index is 2.87. The molecule has 1 aromatic carbocycles. The summed E-state index contributed by atoms with van der Waals surface area (Å²) in [4.78, 5) is 3.59. The van der Waals surface area contributed by atoms with Crippen molar-refractivity contribution in [2.75, 3.05) is 0 Å². The van der Waals surface area contributed by atoms with Crippen molar-refractivity contribution >= 4 is 14.0 Å². The third kappa shape index (κ3) is 4.68. The Morgan fingerprint density at radius 1 is 1.13 bits per heavy atom.